The molecular formula is C19H27FIN5O3S. The minimum Gasteiger partial charge on any atom is -0.361 e. The number of carbonyl (C=O) groups excluding carboxylic acids is 1. The van der Waals surface area contributed by atoms with E-state index in [9.17, 15) is 17.6 Å². The predicted octanol–water partition coefficient (Wildman–Crippen LogP) is 1.33. The van der Waals surface area contributed by atoms with Crippen LogP contribution in [0.1, 0.15) is 18.4 Å². The number of sulfone groups is 1. The van der Waals surface area contributed by atoms with Crippen molar-refractivity contribution >= 4 is 56.6 Å². The van der Waals surface area contributed by atoms with Crippen LogP contribution >= 0.6 is 24.0 Å². The number of nitrogens with zero attached hydrogens (tertiary/aromatic N) is 1. The molecule has 1 amide bonds. The van der Waals surface area contributed by atoms with Crippen molar-refractivity contribution in [3.8, 4) is 0 Å². The normalized spacial score (nSPS) is 18.1. The molecule has 0 aliphatic carbocycles. The van der Waals surface area contributed by atoms with E-state index in [0.717, 1.165) is 22.9 Å². The lowest BCUT2D eigenvalue weighted by Gasteiger charge is -2.13. The second kappa shape index (κ2) is 10.9. The van der Waals surface area contributed by atoms with Crippen LogP contribution in [0.2, 0.25) is 0 Å². The predicted molar refractivity (Wildman–Crippen MR) is 127 cm³/mol. The fourth-order valence-corrected chi connectivity index (χ4v) is 5.08. The van der Waals surface area contributed by atoms with Crippen molar-refractivity contribution in [2.24, 2.45) is 4.99 Å². The van der Waals surface area contributed by atoms with Crippen molar-refractivity contribution in [1.29, 1.82) is 0 Å². The van der Waals surface area contributed by atoms with E-state index in [0.29, 0.717) is 25.5 Å². The molecule has 11 heteroatoms. The van der Waals surface area contributed by atoms with Gasteiger partial charge in [-0.15, -0.1) is 24.0 Å². The van der Waals surface area contributed by atoms with E-state index in [1.165, 1.54) is 12.1 Å². The van der Waals surface area contributed by atoms with Crippen molar-refractivity contribution < 1.29 is 17.6 Å². The van der Waals surface area contributed by atoms with Gasteiger partial charge < -0.3 is 20.9 Å². The molecule has 166 valence electrons. The number of nitrogens with one attached hydrogen (secondary N) is 4. The fraction of sp³-hybridized carbons (Fsp3) is 0.474. The second-order valence-electron chi connectivity index (χ2n) is 7.10. The van der Waals surface area contributed by atoms with Gasteiger partial charge >= 0.3 is 0 Å². The van der Waals surface area contributed by atoms with Gasteiger partial charge in [-0.1, -0.05) is 0 Å². The molecule has 1 atom stereocenters. The zero-order valence-corrected chi connectivity index (χ0v) is 19.8. The summed E-state index contributed by atoms with van der Waals surface area (Å²) < 4.78 is 36.1. The molecule has 1 aliphatic rings. The molecule has 1 fully saturated rings. The lowest BCUT2D eigenvalue weighted by Crippen LogP contribution is -2.41. The summed E-state index contributed by atoms with van der Waals surface area (Å²) in [5, 5.41) is 10.00. The van der Waals surface area contributed by atoms with E-state index >= 15 is 0 Å². The summed E-state index contributed by atoms with van der Waals surface area (Å²) in [5.41, 5.74) is 1.84. The van der Waals surface area contributed by atoms with Crippen LogP contribution < -0.4 is 16.0 Å². The molecule has 0 spiro atoms. The molecule has 8 nitrogen and oxygen atoms in total. The first-order valence-corrected chi connectivity index (χ1v) is 11.4. The van der Waals surface area contributed by atoms with Crippen LogP contribution in [0, 0.1) is 5.82 Å². The number of aromatic amines is 1. The smallest absolute Gasteiger partial charge is 0.222 e. The zero-order valence-electron chi connectivity index (χ0n) is 16.7. The van der Waals surface area contributed by atoms with Gasteiger partial charge in [0, 0.05) is 49.7 Å². The van der Waals surface area contributed by atoms with Gasteiger partial charge in [0.05, 0.1) is 11.5 Å². The highest BCUT2D eigenvalue weighted by Gasteiger charge is 2.28. The van der Waals surface area contributed by atoms with Crippen LogP contribution in [0.3, 0.4) is 0 Å². The van der Waals surface area contributed by atoms with E-state index in [-0.39, 0.29) is 59.7 Å². The van der Waals surface area contributed by atoms with E-state index in [2.05, 4.69) is 25.9 Å². The molecule has 0 radical (unpaired) electrons. The molecule has 2 heterocycles. The summed E-state index contributed by atoms with van der Waals surface area (Å²) in [7, 11) is -1.36. The lowest BCUT2D eigenvalue weighted by atomic mass is 10.1. The molecule has 1 aromatic heterocycles. The van der Waals surface area contributed by atoms with Gasteiger partial charge in [0.2, 0.25) is 5.91 Å². The van der Waals surface area contributed by atoms with Gasteiger partial charge in [-0.3, -0.25) is 9.79 Å². The molecular weight excluding hydrogens is 524 g/mol. The minimum absolute atomic E-state index is 0. The highest BCUT2D eigenvalue weighted by atomic mass is 127. The van der Waals surface area contributed by atoms with Crippen LogP contribution in [0.15, 0.2) is 29.4 Å². The lowest BCUT2D eigenvalue weighted by molar-refractivity contribution is -0.121. The molecule has 2 aromatic rings. The van der Waals surface area contributed by atoms with Crippen LogP contribution in [0.4, 0.5) is 4.39 Å². The van der Waals surface area contributed by atoms with E-state index < -0.39 is 9.84 Å². The van der Waals surface area contributed by atoms with Crippen molar-refractivity contribution in [1.82, 2.24) is 20.9 Å². The number of hydrogen-bond donors (Lipinski definition) is 4. The van der Waals surface area contributed by atoms with E-state index in [1.807, 2.05) is 6.20 Å². The van der Waals surface area contributed by atoms with Crippen LogP contribution in [0.5, 0.6) is 0 Å². The average Bonchev–Trinajstić information content (AvgIpc) is 3.22. The SMILES string of the molecule is CN=C(NCCC(=O)NC1CCS(=O)(=O)C1)NCCc1c[nH]c2cc(F)ccc12.I. The Kier molecular flexibility index (Phi) is 8.89. The highest BCUT2D eigenvalue weighted by Crippen LogP contribution is 2.19. The number of H-pyrrole nitrogens is 1. The third-order valence-electron chi connectivity index (χ3n) is 4.88. The number of carbonyl (C=O) groups is 1. The van der Waals surface area contributed by atoms with Gasteiger partial charge in [0.15, 0.2) is 15.8 Å². The Labute approximate surface area is 192 Å². The molecule has 0 bridgehead atoms. The maximum atomic E-state index is 13.3. The Balaban J connectivity index is 0.00000320. The zero-order chi connectivity index (χ0) is 20.9. The van der Waals surface area contributed by atoms with Gasteiger partial charge in [0.25, 0.3) is 0 Å². The number of fused-ring (bicyclic) bond motifs is 1. The van der Waals surface area contributed by atoms with E-state index in [4.69, 9.17) is 0 Å². The molecule has 4 N–H and O–H groups in total. The summed E-state index contributed by atoms with van der Waals surface area (Å²) in [6.07, 6.45) is 3.30. The Morgan fingerprint density at radius 3 is 2.77 bits per heavy atom. The van der Waals surface area contributed by atoms with Crippen molar-refractivity contribution in [2.75, 3.05) is 31.6 Å². The summed E-state index contributed by atoms with van der Waals surface area (Å²) in [6.45, 7) is 1.01. The highest BCUT2D eigenvalue weighted by molar-refractivity contribution is 14.0. The number of aliphatic imine (C=N–C) groups is 1. The van der Waals surface area contributed by atoms with Gasteiger partial charge in [-0.2, -0.15) is 0 Å². The molecule has 3 rings (SSSR count). The standard InChI is InChI=1S/C19H26FN5O3S.HI/c1-21-19(23-8-5-18(26)25-15-6-9-29(27,28)12-15)22-7-4-13-11-24-17-10-14(20)2-3-16(13)17;/h2-3,10-11,15,24H,4-9,12H2,1H3,(H,25,26)(H2,21,22,23);1H. The van der Waals surface area contributed by atoms with Crippen LogP contribution in [0.25, 0.3) is 10.9 Å². The Bertz CT molecular complexity index is 1010. The third-order valence-corrected chi connectivity index (χ3v) is 6.65. The van der Waals surface area contributed by atoms with Crippen molar-refractivity contribution in [2.45, 2.75) is 25.3 Å². The first kappa shape index (κ1) is 24.4. The second-order valence-corrected chi connectivity index (χ2v) is 9.33. The number of hydrogen-bond acceptors (Lipinski definition) is 4. The van der Waals surface area contributed by atoms with Crippen molar-refractivity contribution in [3.63, 3.8) is 0 Å². The molecule has 1 unspecified atom stereocenters. The quantitative estimate of drug-likeness (QED) is 0.236. The first-order chi connectivity index (χ1) is 13.9. The third kappa shape index (κ3) is 6.83. The number of guanidine groups is 1. The summed E-state index contributed by atoms with van der Waals surface area (Å²) in [4.78, 5) is 19.2. The van der Waals surface area contributed by atoms with Gasteiger partial charge in [-0.25, -0.2) is 12.8 Å². The molecule has 0 saturated carbocycles. The van der Waals surface area contributed by atoms with Gasteiger partial charge in [0.1, 0.15) is 5.82 Å². The number of amides is 1. The topological polar surface area (TPSA) is 115 Å². The maximum Gasteiger partial charge on any atom is 0.222 e. The van der Waals surface area contributed by atoms with E-state index in [1.54, 1.807) is 13.1 Å². The number of rotatable bonds is 7. The summed E-state index contributed by atoms with van der Waals surface area (Å²) in [5.74, 6) is 0.286. The Hall–Kier alpha value is -1.89. The first-order valence-electron chi connectivity index (χ1n) is 9.56. The van der Waals surface area contributed by atoms with Crippen molar-refractivity contribution in [3.05, 3.63) is 35.8 Å². The number of halogens is 2. The van der Waals surface area contributed by atoms with Gasteiger partial charge in [-0.05, 0) is 36.6 Å². The Morgan fingerprint density at radius 2 is 2.07 bits per heavy atom. The minimum atomic E-state index is -3.00. The maximum absolute atomic E-state index is 13.3. The van der Waals surface area contributed by atoms with Crippen LogP contribution in [-0.4, -0.2) is 63.0 Å². The Morgan fingerprint density at radius 1 is 1.30 bits per heavy atom. The fourth-order valence-electron chi connectivity index (χ4n) is 3.40. The average molecular weight is 551 g/mol. The summed E-state index contributed by atoms with van der Waals surface area (Å²) in [6, 6.07) is 4.39. The van der Waals surface area contributed by atoms with Crippen LogP contribution in [-0.2, 0) is 21.1 Å². The number of benzene rings is 1. The number of aromatic nitrogens is 1. The monoisotopic (exact) mass is 551 g/mol. The molecule has 1 aromatic carbocycles. The summed E-state index contributed by atoms with van der Waals surface area (Å²) >= 11 is 0. The largest absolute Gasteiger partial charge is 0.361 e. The molecule has 30 heavy (non-hydrogen) atoms. The molecule has 1 aliphatic heterocycles. The molecule has 1 saturated heterocycles.